The largest absolute Gasteiger partial charge is 0.508 e. The molecule has 0 spiro atoms. The molecule has 0 unspecified atom stereocenters. The molecule has 0 radical (unpaired) electrons. The highest BCUT2D eigenvalue weighted by molar-refractivity contribution is 6.02. The Hall–Kier alpha value is -3.51. The molecule has 30 heavy (non-hydrogen) atoms. The third-order valence-electron chi connectivity index (χ3n) is 5.49. The predicted molar refractivity (Wildman–Crippen MR) is 113 cm³/mol. The van der Waals surface area contributed by atoms with Gasteiger partial charge in [0, 0.05) is 29.3 Å². The summed E-state index contributed by atoms with van der Waals surface area (Å²) in [4.78, 5) is 5.01. The number of methoxy groups -OCH3 is 1. The Bertz CT molecular complexity index is 1110. The molecule has 2 N–H and O–H groups in total. The Morgan fingerprint density at radius 2 is 1.73 bits per heavy atom. The van der Waals surface area contributed by atoms with Crippen molar-refractivity contribution in [3.63, 3.8) is 0 Å². The van der Waals surface area contributed by atoms with Gasteiger partial charge in [0.2, 0.25) is 6.79 Å². The third-order valence-corrected chi connectivity index (χ3v) is 5.49. The molecule has 0 aromatic heterocycles. The summed E-state index contributed by atoms with van der Waals surface area (Å²) < 4.78 is 16.6. The van der Waals surface area contributed by atoms with Crippen molar-refractivity contribution < 1.29 is 19.3 Å². The molecule has 6 heteroatoms. The second-order valence-corrected chi connectivity index (χ2v) is 7.27. The molecular formula is C24H22N2O4. The Kier molecular flexibility index (Phi) is 4.77. The highest BCUT2D eigenvalue weighted by Crippen LogP contribution is 2.38. The van der Waals surface area contributed by atoms with Crippen LogP contribution in [0.25, 0.3) is 0 Å². The number of benzene rings is 3. The van der Waals surface area contributed by atoms with Gasteiger partial charge in [-0.1, -0.05) is 36.4 Å². The fraction of sp³-hybridized carbons (Fsp3) is 0.208. The summed E-state index contributed by atoms with van der Waals surface area (Å²) in [7, 11) is 1.66. The maximum Gasteiger partial charge on any atom is 0.231 e. The molecule has 0 aliphatic carbocycles. The first-order valence-corrected chi connectivity index (χ1v) is 9.86. The highest BCUT2D eigenvalue weighted by Gasteiger charge is 2.29. The molecule has 5 rings (SSSR count). The number of aliphatic imine (C=N–C) groups is 1. The number of para-hydroxylation sites is 2. The van der Waals surface area contributed by atoms with E-state index < -0.39 is 0 Å². The minimum atomic E-state index is -0.320. The lowest BCUT2D eigenvalue weighted by Gasteiger charge is -2.31. The molecular weight excluding hydrogens is 380 g/mol. The van der Waals surface area contributed by atoms with Gasteiger partial charge in [-0.15, -0.1) is 0 Å². The van der Waals surface area contributed by atoms with E-state index in [9.17, 15) is 5.11 Å². The molecule has 152 valence electrons. The summed E-state index contributed by atoms with van der Waals surface area (Å²) >= 11 is 0. The SMILES string of the molecule is COc1ccccc1[C@@H]1N=C(c2ccc3c(c2)OCO3)C[C@@H](c2ccccc2O)N1. The maximum atomic E-state index is 10.5. The van der Waals surface area contributed by atoms with Crippen LogP contribution in [0.4, 0.5) is 0 Å². The number of fused-ring (bicyclic) bond motifs is 1. The molecule has 2 atom stereocenters. The molecule has 0 saturated carbocycles. The average molecular weight is 402 g/mol. The van der Waals surface area contributed by atoms with E-state index in [1.807, 2.05) is 60.7 Å². The van der Waals surface area contributed by atoms with Crippen LogP contribution in [0.3, 0.4) is 0 Å². The number of ether oxygens (including phenoxy) is 3. The number of rotatable bonds is 4. The Balaban J connectivity index is 1.58. The van der Waals surface area contributed by atoms with Gasteiger partial charge in [0.1, 0.15) is 17.7 Å². The zero-order chi connectivity index (χ0) is 20.5. The lowest BCUT2D eigenvalue weighted by molar-refractivity contribution is 0.174. The van der Waals surface area contributed by atoms with Crippen LogP contribution in [0, 0.1) is 0 Å². The van der Waals surface area contributed by atoms with Crippen LogP contribution in [0.1, 0.15) is 35.3 Å². The lowest BCUT2D eigenvalue weighted by atomic mass is 9.93. The summed E-state index contributed by atoms with van der Waals surface area (Å²) in [6.45, 7) is 0.233. The van der Waals surface area contributed by atoms with Crippen LogP contribution >= 0.6 is 0 Å². The first-order valence-electron chi connectivity index (χ1n) is 9.86. The van der Waals surface area contributed by atoms with Crippen molar-refractivity contribution in [2.75, 3.05) is 13.9 Å². The zero-order valence-corrected chi connectivity index (χ0v) is 16.5. The van der Waals surface area contributed by atoms with Crippen molar-refractivity contribution >= 4 is 5.71 Å². The monoisotopic (exact) mass is 402 g/mol. The average Bonchev–Trinajstić information content (AvgIpc) is 3.27. The number of phenols is 1. The first-order chi connectivity index (χ1) is 14.7. The highest BCUT2D eigenvalue weighted by atomic mass is 16.7. The van der Waals surface area contributed by atoms with E-state index in [1.54, 1.807) is 13.2 Å². The minimum Gasteiger partial charge on any atom is -0.508 e. The van der Waals surface area contributed by atoms with E-state index in [4.69, 9.17) is 19.2 Å². The summed E-state index contributed by atoms with van der Waals surface area (Å²) in [6.07, 6.45) is 0.308. The van der Waals surface area contributed by atoms with Crippen LogP contribution in [-0.4, -0.2) is 24.7 Å². The fourth-order valence-electron chi connectivity index (χ4n) is 3.99. The van der Waals surface area contributed by atoms with E-state index in [0.29, 0.717) is 6.42 Å². The second-order valence-electron chi connectivity index (χ2n) is 7.27. The zero-order valence-electron chi connectivity index (χ0n) is 16.5. The van der Waals surface area contributed by atoms with Gasteiger partial charge >= 0.3 is 0 Å². The number of hydrogen-bond acceptors (Lipinski definition) is 6. The van der Waals surface area contributed by atoms with Crippen molar-refractivity contribution in [2.45, 2.75) is 18.6 Å². The van der Waals surface area contributed by atoms with E-state index in [-0.39, 0.29) is 24.8 Å². The molecule has 0 saturated heterocycles. The first kappa shape index (κ1) is 18.5. The van der Waals surface area contributed by atoms with Crippen molar-refractivity contribution in [1.29, 1.82) is 0 Å². The minimum absolute atomic E-state index is 0.112. The standard InChI is InChI=1S/C24H22N2O4/c1-28-21-9-5-3-7-17(21)24-25-18(15-10-11-22-23(12-15)30-14-29-22)13-19(26-24)16-6-2-4-8-20(16)27/h2-12,19,24,26-27H,13-14H2,1H3/t19-,24+/m0/s1. The van der Waals surface area contributed by atoms with Crippen LogP contribution in [0.2, 0.25) is 0 Å². The quantitative estimate of drug-likeness (QED) is 0.679. The van der Waals surface area contributed by atoms with Gasteiger partial charge in [-0.05, 0) is 35.9 Å². The summed E-state index contributed by atoms with van der Waals surface area (Å²) in [5, 5.41) is 14.0. The molecule has 3 aromatic carbocycles. The number of nitrogens with one attached hydrogen (secondary N) is 1. The van der Waals surface area contributed by atoms with Gasteiger partial charge < -0.3 is 19.3 Å². The van der Waals surface area contributed by atoms with Crippen LogP contribution in [0.15, 0.2) is 71.7 Å². The van der Waals surface area contributed by atoms with Gasteiger partial charge in [0.15, 0.2) is 11.5 Å². The van der Waals surface area contributed by atoms with E-state index in [1.165, 1.54) is 0 Å². The van der Waals surface area contributed by atoms with Crippen molar-refractivity contribution in [2.24, 2.45) is 4.99 Å². The third kappa shape index (κ3) is 3.35. The Morgan fingerprint density at radius 3 is 2.57 bits per heavy atom. The fourth-order valence-corrected chi connectivity index (χ4v) is 3.99. The molecule has 2 aliphatic heterocycles. The van der Waals surface area contributed by atoms with Crippen LogP contribution in [0.5, 0.6) is 23.0 Å². The summed E-state index contributed by atoms with van der Waals surface area (Å²) in [6, 6.07) is 21.0. The van der Waals surface area contributed by atoms with E-state index in [0.717, 1.165) is 39.7 Å². The van der Waals surface area contributed by atoms with Gasteiger partial charge in [-0.25, -0.2) is 0 Å². The maximum absolute atomic E-state index is 10.5. The number of phenolic OH excluding ortho intramolecular Hbond substituents is 1. The van der Waals surface area contributed by atoms with Gasteiger partial charge in [0.25, 0.3) is 0 Å². The molecule has 0 amide bonds. The topological polar surface area (TPSA) is 72.3 Å². The van der Waals surface area contributed by atoms with Crippen molar-refractivity contribution in [3.05, 3.63) is 83.4 Å². The molecule has 2 aliphatic rings. The molecule has 0 bridgehead atoms. The van der Waals surface area contributed by atoms with Crippen LogP contribution < -0.4 is 19.5 Å². The van der Waals surface area contributed by atoms with E-state index in [2.05, 4.69) is 5.32 Å². The number of aromatic hydroxyl groups is 1. The van der Waals surface area contributed by atoms with Crippen molar-refractivity contribution in [1.82, 2.24) is 5.32 Å². The number of hydrogen-bond donors (Lipinski definition) is 2. The van der Waals surface area contributed by atoms with Gasteiger partial charge in [-0.3, -0.25) is 10.3 Å². The van der Waals surface area contributed by atoms with Gasteiger partial charge in [0.05, 0.1) is 7.11 Å². The smallest absolute Gasteiger partial charge is 0.231 e. The molecule has 0 fully saturated rings. The Labute approximate surface area is 174 Å². The van der Waals surface area contributed by atoms with E-state index >= 15 is 0 Å². The molecule has 2 heterocycles. The van der Waals surface area contributed by atoms with Crippen molar-refractivity contribution in [3.8, 4) is 23.0 Å². The molecule has 3 aromatic rings. The lowest BCUT2D eigenvalue weighted by Crippen LogP contribution is -2.33. The predicted octanol–water partition coefficient (Wildman–Crippen LogP) is 4.35. The summed E-state index contributed by atoms with van der Waals surface area (Å²) in [5.74, 6) is 2.50. The Morgan fingerprint density at radius 1 is 0.967 bits per heavy atom. The summed E-state index contributed by atoms with van der Waals surface area (Å²) in [5.41, 5.74) is 3.68. The van der Waals surface area contributed by atoms with Gasteiger partial charge in [-0.2, -0.15) is 0 Å². The number of nitrogens with zero attached hydrogens (tertiary/aromatic N) is 1. The molecule has 6 nitrogen and oxygen atoms in total. The van der Waals surface area contributed by atoms with Crippen LogP contribution in [-0.2, 0) is 0 Å². The normalized spacial score (nSPS) is 20.0. The second kappa shape index (κ2) is 7.72.